The van der Waals surface area contributed by atoms with Crippen molar-refractivity contribution in [2.24, 2.45) is 0 Å². The van der Waals surface area contributed by atoms with Crippen LogP contribution in [-0.2, 0) is 19.7 Å². The molecule has 0 fully saturated rings. The maximum atomic E-state index is 12.9. The zero-order chi connectivity index (χ0) is 21.8. The molecular weight excluding hydrogens is 426 g/mol. The third-order valence-corrected chi connectivity index (χ3v) is 9.17. The molecule has 2 rings (SSSR count). The van der Waals surface area contributed by atoms with Gasteiger partial charge >= 0.3 is 0 Å². The molecule has 0 aliphatic carbocycles. The van der Waals surface area contributed by atoms with Gasteiger partial charge in [0, 0.05) is 30.7 Å². The van der Waals surface area contributed by atoms with E-state index in [0.29, 0.717) is 0 Å². The van der Waals surface area contributed by atoms with E-state index in [1.165, 1.54) is 0 Å². The molecule has 11 nitrogen and oxygen atoms in total. The molecule has 0 radical (unpaired) electrons. The van der Waals surface area contributed by atoms with Gasteiger partial charge in [-0.3, -0.25) is 20.2 Å². The highest BCUT2D eigenvalue weighted by Crippen LogP contribution is 2.30. The molecule has 0 bridgehead atoms. The molecule has 0 aliphatic heterocycles. The Morgan fingerprint density at radius 1 is 0.793 bits per heavy atom. The largest absolute Gasteiger partial charge is 0.269 e. The van der Waals surface area contributed by atoms with Crippen LogP contribution in [0.4, 0.5) is 11.4 Å². The van der Waals surface area contributed by atoms with Crippen LogP contribution in [0, 0.1) is 31.6 Å². The van der Waals surface area contributed by atoms with Crippen molar-refractivity contribution in [2.75, 3.05) is 0 Å². The SMILES string of the molecule is N#CCCC(S(=O)(=O)c1ccc([N+](=O)[O-])cc1)S(=O)(=O)c1ccc([N+](=O)[O-])cc1. The van der Waals surface area contributed by atoms with Crippen LogP contribution in [-0.4, -0.2) is 31.3 Å². The van der Waals surface area contributed by atoms with Crippen molar-refractivity contribution in [1.82, 2.24) is 0 Å². The minimum absolute atomic E-state index is 0.379. The summed E-state index contributed by atoms with van der Waals surface area (Å²) in [4.78, 5) is 19.1. The van der Waals surface area contributed by atoms with E-state index in [1.807, 2.05) is 0 Å². The van der Waals surface area contributed by atoms with Crippen molar-refractivity contribution in [1.29, 1.82) is 5.26 Å². The Bertz CT molecular complexity index is 1090. The highest BCUT2D eigenvalue weighted by atomic mass is 32.3. The van der Waals surface area contributed by atoms with E-state index in [-0.39, 0.29) is 17.8 Å². The van der Waals surface area contributed by atoms with Gasteiger partial charge in [0.15, 0.2) is 24.3 Å². The number of hydrogen-bond donors (Lipinski definition) is 0. The summed E-state index contributed by atoms with van der Waals surface area (Å²) < 4.78 is 49.7. The lowest BCUT2D eigenvalue weighted by atomic mass is 10.3. The third-order valence-electron chi connectivity index (χ3n) is 3.94. The molecule has 0 saturated heterocycles. The first-order valence-electron chi connectivity index (χ1n) is 7.85. The van der Waals surface area contributed by atoms with Gasteiger partial charge < -0.3 is 0 Å². The normalized spacial score (nSPS) is 11.7. The minimum Gasteiger partial charge on any atom is -0.258 e. The van der Waals surface area contributed by atoms with Crippen molar-refractivity contribution in [3.8, 4) is 6.07 Å². The summed E-state index contributed by atoms with van der Waals surface area (Å²) in [5.74, 6) is 0. The van der Waals surface area contributed by atoms with E-state index in [2.05, 4.69) is 0 Å². The highest BCUT2D eigenvalue weighted by Gasteiger charge is 2.39. The first-order chi connectivity index (χ1) is 13.5. The molecule has 0 N–H and O–H groups in total. The van der Waals surface area contributed by atoms with Gasteiger partial charge in [0.05, 0.1) is 25.7 Å². The molecule has 0 atom stereocenters. The number of nitriles is 1. The number of benzene rings is 2. The van der Waals surface area contributed by atoms with E-state index < -0.39 is 50.3 Å². The Balaban J connectivity index is 2.55. The summed E-state index contributed by atoms with van der Waals surface area (Å²) in [6, 6.07) is 9.04. The van der Waals surface area contributed by atoms with E-state index in [0.717, 1.165) is 48.5 Å². The lowest BCUT2D eigenvalue weighted by Gasteiger charge is -2.17. The lowest BCUT2D eigenvalue weighted by molar-refractivity contribution is -0.385. The fourth-order valence-corrected chi connectivity index (χ4v) is 6.97. The highest BCUT2D eigenvalue weighted by molar-refractivity contribution is 8.09. The zero-order valence-electron chi connectivity index (χ0n) is 14.5. The quantitative estimate of drug-likeness (QED) is 0.441. The smallest absolute Gasteiger partial charge is 0.258 e. The Kier molecular flexibility index (Phi) is 6.30. The predicted octanol–water partition coefficient (Wildman–Crippen LogP) is 2.38. The molecule has 2 aromatic rings. The maximum absolute atomic E-state index is 12.9. The van der Waals surface area contributed by atoms with Crippen molar-refractivity contribution in [3.05, 3.63) is 68.8 Å². The number of hydrogen-bond acceptors (Lipinski definition) is 9. The number of rotatable bonds is 8. The molecule has 0 unspecified atom stereocenters. The number of nitro groups is 2. The standard InChI is InChI=1S/C16H13N3O8S2/c17-11-1-2-16(28(24,25)14-7-3-12(4-8-14)18(20)21)29(26,27)15-9-5-13(6-10-15)19(22)23/h3-10,16H,1-2H2. The molecule has 0 amide bonds. The fraction of sp³-hybridized carbons (Fsp3) is 0.188. The maximum Gasteiger partial charge on any atom is 0.269 e. The van der Waals surface area contributed by atoms with Gasteiger partial charge in [0.25, 0.3) is 11.4 Å². The molecular formula is C16H13N3O8S2. The van der Waals surface area contributed by atoms with Crippen molar-refractivity contribution in [3.63, 3.8) is 0 Å². The van der Waals surface area contributed by atoms with Gasteiger partial charge in [-0.2, -0.15) is 5.26 Å². The fourth-order valence-electron chi connectivity index (χ4n) is 2.48. The van der Waals surface area contributed by atoms with E-state index in [9.17, 15) is 37.1 Å². The summed E-state index contributed by atoms with van der Waals surface area (Å²) in [7, 11) is -9.09. The second-order valence-corrected chi connectivity index (χ2v) is 10.3. The van der Waals surface area contributed by atoms with Gasteiger partial charge in [0.2, 0.25) is 0 Å². The van der Waals surface area contributed by atoms with Crippen LogP contribution < -0.4 is 0 Å². The van der Waals surface area contributed by atoms with Crippen molar-refractivity contribution < 1.29 is 26.7 Å². The monoisotopic (exact) mass is 439 g/mol. The molecule has 0 spiro atoms. The molecule has 0 saturated carbocycles. The first-order valence-corrected chi connectivity index (χ1v) is 10.9. The summed E-state index contributed by atoms with van der Waals surface area (Å²) in [5, 5.41) is 30.3. The third kappa shape index (κ3) is 4.55. The van der Waals surface area contributed by atoms with Crippen LogP contribution in [0.5, 0.6) is 0 Å². The van der Waals surface area contributed by atoms with Crippen LogP contribution in [0.3, 0.4) is 0 Å². The molecule has 13 heteroatoms. The Labute approximate surface area is 165 Å². The van der Waals surface area contributed by atoms with Crippen molar-refractivity contribution in [2.45, 2.75) is 27.2 Å². The van der Waals surface area contributed by atoms with Gasteiger partial charge in [-0.15, -0.1) is 0 Å². The number of nitro benzene ring substituents is 2. The number of sulfone groups is 2. The van der Waals surface area contributed by atoms with Gasteiger partial charge in [-0.25, -0.2) is 16.8 Å². The molecule has 0 heterocycles. The van der Waals surface area contributed by atoms with Crippen LogP contribution in [0.1, 0.15) is 12.8 Å². The number of non-ortho nitro benzene ring substituents is 2. The Morgan fingerprint density at radius 2 is 1.14 bits per heavy atom. The molecule has 2 aromatic carbocycles. The zero-order valence-corrected chi connectivity index (χ0v) is 16.2. The van der Waals surface area contributed by atoms with Gasteiger partial charge in [0.1, 0.15) is 0 Å². The average molecular weight is 439 g/mol. The Hall–Kier alpha value is -3.37. The molecule has 29 heavy (non-hydrogen) atoms. The Morgan fingerprint density at radius 3 is 1.41 bits per heavy atom. The second-order valence-electron chi connectivity index (χ2n) is 5.72. The van der Waals surface area contributed by atoms with Gasteiger partial charge in [-0.1, -0.05) is 0 Å². The van der Waals surface area contributed by atoms with Crippen LogP contribution in [0.25, 0.3) is 0 Å². The molecule has 152 valence electrons. The lowest BCUT2D eigenvalue weighted by Crippen LogP contribution is -2.31. The van der Waals surface area contributed by atoms with Crippen molar-refractivity contribution >= 4 is 31.0 Å². The predicted molar refractivity (Wildman–Crippen MR) is 99.2 cm³/mol. The van der Waals surface area contributed by atoms with Crippen LogP contribution in [0.2, 0.25) is 0 Å². The summed E-state index contributed by atoms with van der Waals surface area (Å²) >= 11 is 0. The number of nitrogens with zero attached hydrogens (tertiary/aromatic N) is 3. The minimum atomic E-state index is -4.54. The van der Waals surface area contributed by atoms with Crippen LogP contribution >= 0.6 is 0 Å². The second kappa shape index (κ2) is 8.33. The molecule has 0 aliphatic rings. The average Bonchev–Trinajstić information content (AvgIpc) is 2.68. The van der Waals surface area contributed by atoms with E-state index in [1.54, 1.807) is 6.07 Å². The summed E-state index contributed by atoms with van der Waals surface area (Å²) in [5.41, 5.74) is -0.758. The first kappa shape index (κ1) is 21.9. The summed E-state index contributed by atoms with van der Waals surface area (Å²) in [6.07, 6.45) is -0.932. The van der Waals surface area contributed by atoms with E-state index in [4.69, 9.17) is 5.26 Å². The van der Waals surface area contributed by atoms with E-state index >= 15 is 0 Å². The summed E-state index contributed by atoms with van der Waals surface area (Å²) in [6.45, 7) is 0. The van der Waals surface area contributed by atoms with Crippen LogP contribution in [0.15, 0.2) is 58.3 Å². The molecule has 0 aromatic heterocycles. The topological polar surface area (TPSA) is 178 Å². The van der Waals surface area contributed by atoms with Gasteiger partial charge in [-0.05, 0) is 30.7 Å².